The van der Waals surface area contributed by atoms with E-state index in [1.807, 2.05) is 0 Å². The molecule has 0 spiro atoms. The number of hydrogen-bond donors (Lipinski definition) is 2. The number of benzene rings is 1. The van der Waals surface area contributed by atoms with Gasteiger partial charge in [0.15, 0.2) is 0 Å². The summed E-state index contributed by atoms with van der Waals surface area (Å²) in [6, 6.07) is 3.51. The molecular formula is C9H10ClN3O3. The van der Waals surface area contributed by atoms with Gasteiger partial charge in [0.25, 0.3) is 5.69 Å². The monoisotopic (exact) mass is 243 g/mol. The number of carbonyl (C=O) groups excluding carboxylic acids is 1. The number of halogens is 1. The van der Waals surface area contributed by atoms with Crippen LogP contribution in [-0.4, -0.2) is 16.9 Å². The fourth-order valence-corrected chi connectivity index (χ4v) is 1.32. The Bertz CT molecular complexity index is 436. The fraction of sp³-hybridized carbons (Fsp3) is 0.222. The molecule has 0 aliphatic heterocycles. The third-order valence-electron chi connectivity index (χ3n) is 1.98. The Morgan fingerprint density at radius 3 is 2.75 bits per heavy atom. The van der Waals surface area contributed by atoms with Crippen molar-refractivity contribution >= 4 is 28.9 Å². The van der Waals surface area contributed by atoms with Gasteiger partial charge in [0, 0.05) is 6.07 Å². The van der Waals surface area contributed by atoms with E-state index >= 15 is 0 Å². The van der Waals surface area contributed by atoms with Crippen molar-refractivity contribution in [2.75, 3.05) is 5.32 Å². The number of nitrogens with zero attached hydrogens (tertiary/aromatic N) is 1. The predicted octanol–water partition coefficient (Wildman–Crippen LogP) is 1.53. The van der Waals surface area contributed by atoms with Crippen LogP contribution in [0.1, 0.15) is 6.92 Å². The quantitative estimate of drug-likeness (QED) is 0.619. The van der Waals surface area contributed by atoms with Gasteiger partial charge in [0.1, 0.15) is 11.7 Å². The highest BCUT2D eigenvalue weighted by molar-refractivity contribution is 6.33. The first kappa shape index (κ1) is 12.3. The van der Waals surface area contributed by atoms with E-state index in [9.17, 15) is 14.9 Å². The number of nitrogens with one attached hydrogen (secondary N) is 1. The van der Waals surface area contributed by atoms with Crippen molar-refractivity contribution in [2.24, 2.45) is 5.73 Å². The van der Waals surface area contributed by atoms with Gasteiger partial charge in [-0.1, -0.05) is 17.7 Å². The Balaban J connectivity index is 3.11. The van der Waals surface area contributed by atoms with E-state index in [4.69, 9.17) is 17.3 Å². The summed E-state index contributed by atoms with van der Waals surface area (Å²) in [6.07, 6.45) is 0. The molecule has 0 fully saturated rings. The number of carbonyl (C=O) groups is 1. The number of anilines is 1. The third-order valence-corrected chi connectivity index (χ3v) is 2.29. The number of hydrogen-bond acceptors (Lipinski definition) is 4. The number of rotatable bonds is 4. The molecular weight excluding hydrogens is 234 g/mol. The molecule has 0 aliphatic rings. The van der Waals surface area contributed by atoms with Gasteiger partial charge in [-0.25, -0.2) is 0 Å². The first-order chi connectivity index (χ1) is 7.43. The number of nitro groups is 1. The molecule has 0 heterocycles. The molecule has 6 nitrogen and oxygen atoms in total. The van der Waals surface area contributed by atoms with Crippen LogP contribution in [0.3, 0.4) is 0 Å². The third kappa shape index (κ3) is 2.60. The second kappa shape index (κ2) is 4.80. The van der Waals surface area contributed by atoms with Gasteiger partial charge in [-0.05, 0) is 13.0 Å². The molecule has 7 heteroatoms. The van der Waals surface area contributed by atoms with Gasteiger partial charge in [0.05, 0.1) is 9.95 Å². The molecule has 0 saturated carbocycles. The summed E-state index contributed by atoms with van der Waals surface area (Å²) in [5, 5.41) is 13.5. The number of nitrogens with two attached hydrogens (primary N) is 1. The first-order valence-corrected chi connectivity index (χ1v) is 4.80. The van der Waals surface area contributed by atoms with Crippen molar-refractivity contribution in [1.82, 2.24) is 0 Å². The minimum Gasteiger partial charge on any atom is -0.368 e. The molecule has 1 aromatic rings. The Labute approximate surface area is 96.5 Å². The molecule has 0 saturated heterocycles. The van der Waals surface area contributed by atoms with E-state index < -0.39 is 16.9 Å². The maximum atomic E-state index is 10.8. The molecule has 0 aromatic heterocycles. The lowest BCUT2D eigenvalue weighted by molar-refractivity contribution is -0.384. The van der Waals surface area contributed by atoms with E-state index in [1.165, 1.54) is 25.1 Å². The molecule has 0 bridgehead atoms. The van der Waals surface area contributed by atoms with E-state index in [2.05, 4.69) is 5.32 Å². The molecule has 16 heavy (non-hydrogen) atoms. The summed E-state index contributed by atoms with van der Waals surface area (Å²) in [5.74, 6) is -0.616. The zero-order chi connectivity index (χ0) is 12.3. The first-order valence-electron chi connectivity index (χ1n) is 4.42. The van der Waals surface area contributed by atoms with Crippen LogP contribution >= 0.6 is 11.6 Å². The molecule has 1 amide bonds. The summed E-state index contributed by atoms with van der Waals surface area (Å²) in [7, 11) is 0. The van der Waals surface area contributed by atoms with Crippen LogP contribution in [0.15, 0.2) is 18.2 Å². The lowest BCUT2D eigenvalue weighted by atomic mass is 10.2. The van der Waals surface area contributed by atoms with Crippen LogP contribution < -0.4 is 11.1 Å². The van der Waals surface area contributed by atoms with E-state index in [1.54, 1.807) is 0 Å². The summed E-state index contributed by atoms with van der Waals surface area (Å²) in [4.78, 5) is 21.0. The molecule has 0 radical (unpaired) electrons. The number of para-hydroxylation sites is 1. The van der Waals surface area contributed by atoms with Crippen LogP contribution in [0.4, 0.5) is 11.4 Å². The van der Waals surface area contributed by atoms with E-state index in [-0.39, 0.29) is 16.4 Å². The van der Waals surface area contributed by atoms with Gasteiger partial charge in [-0.15, -0.1) is 0 Å². The molecule has 86 valence electrons. The van der Waals surface area contributed by atoms with Crippen molar-refractivity contribution < 1.29 is 9.72 Å². The molecule has 1 atom stereocenters. The topological polar surface area (TPSA) is 98.3 Å². The van der Waals surface area contributed by atoms with Gasteiger partial charge >= 0.3 is 0 Å². The second-order valence-corrected chi connectivity index (χ2v) is 3.57. The normalized spacial score (nSPS) is 11.9. The number of amides is 1. The standard InChI is InChI=1S/C9H10ClN3O3/c1-5(9(11)14)12-8-6(10)3-2-4-7(8)13(15)16/h2-5,12H,1H3,(H2,11,14). The molecule has 1 rings (SSSR count). The number of primary amides is 1. The predicted molar refractivity (Wildman–Crippen MR) is 60.4 cm³/mol. The van der Waals surface area contributed by atoms with Crippen LogP contribution in [0.2, 0.25) is 5.02 Å². The highest BCUT2D eigenvalue weighted by Gasteiger charge is 2.19. The zero-order valence-electron chi connectivity index (χ0n) is 8.44. The van der Waals surface area contributed by atoms with Crippen LogP contribution in [-0.2, 0) is 4.79 Å². The summed E-state index contributed by atoms with van der Waals surface area (Å²) in [5.41, 5.74) is 4.95. The Kier molecular flexibility index (Phi) is 3.68. The highest BCUT2D eigenvalue weighted by atomic mass is 35.5. The molecule has 3 N–H and O–H groups in total. The average molecular weight is 244 g/mol. The minimum absolute atomic E-state index is 0.0977. The van der Waals surface area contributed by atoms with Crippen LogP contribution in [0.25, 0.3) is 0 Å². The van der Waals surface area contributed by atoms with Gasteiger partial charge in [-0.3, -0.25) is 14.9 Å². The van der Waals surface area contributed by atoms with Crippen molar-refractivity contribution in [3.8, 4) is 0 Å². The smallest absolute Gasteiger partial charge is 0.293 e. The van der Waals surface area contributed by atoms with Gasteiger partial charge < -0.3 is 11.1 Å². The summed E-state index contributed by atoms with van der Waals surface area (Å²) >= 11 is 5.80. The largest absolute Gasteiger partial charge is 0.368 e. The zero-order valence-corrected chi connectivity index (χ0v) is 9.19. The summed E-state index contributed by atoms with van der Waals surface area (Å²) < 4.78 is 0. The maximum absolute atomic E-state index is 10.8. The van der Waals surface area contributed by atoms with Crippen molar-refractivity contribution in [3.63, 3.8) is 0 Å². The van der Waals surface area contributed by atoms with Crippen LogP contribution in [0.5, 0.6) is 0 Å². The van der Waals surface area contributed by atoms with Gasteiger partial charge in [0.2, 0.25) is 5.91 Å². The second-order valence-electron chi connectivity index (χ2n) is 3.16. The van der Waals surface area contributed by atoms with Gasteiger partial charge in [-0.2, -0.15) is 0 Å². The molecule has 1 unspecified atom stereocenters. The lowest BCUT2D eigenvalue weighted by Gasteiger charge is -2.12. The van der Waals surface area contributed by atoms with E-state index in [0.29, 0.717) is 0 Å². The average Bonchev–Trinajstić information content (AvgIpc) is 2.20. The fourth-order valence-electron chi connectivity index (χ4n) is 1.10. The Hall–Kier alpha value is -1.82. The van der Waals surface area contributed by atoms with Crippen LogP contribution in [0, 0.1) is 10.1 Å². The van der Waals surface area contributed by atoms with Crippen molar-refractivity contribution in [3.05, 3.63) is 33.3 Å². The highest BCUT2D eigenvalue weighted by Crippen LogP contribution is 2.32. The summed E-state index contributed by atoms with van der Waals surface area (Å²) in [6.45, 7) is 1.50. The van der Waals surface area contributed by atoms with E-state index in [0.717, 1.165) is 0 Å². The minimum atomic E-state index is -0.737. The lowest BCUT2D eigenvalue weighted by Crippen LogP contribution is -2.32. The SMILES string of the molecule is CC(Nc1c(Cl)cccc1[N+](=O)[O-])C(N)=O. The van der Waals surface area contributed by atoms with Crippen molar-refractivity contribution in [2.45, 2.75) is 13.0 Å². The molecule has 1 aromatic carbocycles. The number of nitro benzene ring substituents is 1. The Morgan fingerprint density at radius 2 is 2.25 bits per heavy atom. The Morgan fingerprint density at radius 1 is 1.62 bits per heavy atom. The molecule has 0 aliphatic carbocycles. The maximum Gasteiger partial charge on any atom is 0.293 e. The van der Waals surface area contributed by atoms with Crippen molar-refractivity contribution in [1.29, 1.82) is 0 Å².